The molecule has 0 saturated carbocycles. The quantitative estimate of drug-likeness (QED) is 0.850. The predicted molar refractivity (Wildman–Crippen MR) is 91.8 cm³/mol. The van der Waals surface area contributed by atoms with Gasteiger partial charge in [-0.25, -0.2) is 0 Å². The molecule has 1 aromatic carbocycles. The lowest BCUT2D eigenvalue weighted by molar-refractivity contribution is -0.130. The summed E-state index contributed by atoms with van der Waals surface area (Å²) in [7, 11) is 0. The van der Waals surface area contributed by atoms with E-state index in [1.165, 1.54) is 12.5 Å². The van der Waals surface area contributed by atoms with E-state index in [1.807, 2.05) is 29.2 Å². The number of amides is 2. The molecule has 1 aliphatic rings. The minimum Gasteiger partial charge on any atom is -0.348 e. The first-order chi connectivity index (χ1) is 11.1. The van der Waals surface area contributed by atoms with Crippen molar-refractivity contribution in [3.8, 4) is 0 Å². The van der Waals surface area contributed by atoms with Crippen LogP contribution in [0.1, 0.15) is 37.3 Å². The van der Waals surface area contributed by atoms with Gasteiger partial charge in [0.15, 0.2) is 0 Å². The lowest BCUT2D eigenvalue weighted by Gasteiger charge is -2.21. The fraction of sp³-hybridized carbons (Fsp3) is 0.474. The molecule has 0 radical (unpaired) electrons. The number of nitrogens with one attached hydrogen (secondary N) is 1. The van der Waals surface area contributed by atoms with Crippen LogP contribution >= 0.6 is 0 Å². The van der Waals surface area contributed by atoms with E-state index in [9.17, 15) is 9.59 Å². The van der Waals surface area contributed by atoms with Gasteiger partial charge in [0, 0.05) is 19.6 Å². The summed E-state index contributed by atoms with van der Waals surface area (Å²) in [6.45, 7) is 7.84. The highest BCUT2D eigenvalue weighted by Crippen LogP contribution is 2.18. The van der Waals surface area contributed by atoms with Gasteiger partial charge in [-0.1, -0.05) is 37.8 Å². The van der Waals surface area contributed by atoms with Gasteiger partial charge in [0.1, 0.15) is 0 Å². The topological polar surface area (TPSA) is 49.4 Å². The molecule has 1 atom stereocenters. The standard InChI is InChI=1S/C19H26N2O2/c1-3-18(22)20-14-17-9-5-4-8-16(17)13-19(23)21-11-6-7-15(2)10-12-21/h3-5,8-9,15H,1,6-7,10-14H2,2H3,(H,20,22). The molecule has 1 aromatic rings. The molecular formula is C19H26N2O2. The van der Waals surface area contributed by atoms with Gasteiger partial charge in [-0.05, 0) is 42.4 Å². The highest BCUT2D eigenvalue weighted by molar-refractivity contribution is 5.86. The van der Waals surface area contributed by atoms with Crippen molar-refractivity contribution in [1.29, 1.82) is 0 Å². The normalized spacial score (nSPS) is 18.1. The highest BCUT2D eigenvalue weighted by Gasteiger charge is 2.19. The Hall–Kier alpha value is -2.10. The van der Waals surface area contributed by atoms with Gasteiger partial charge in [0.05, 0.1) is 6.42 Å². The zero-order valence-corrected chi connectivity index (χ0v) is 13.9. The summed E-state index contributed by atoms with van der Waals surface area (Å²) in [5, 5.41) is 2.78. The molecule has 0 aliphatic carbocycles. The number of nitrogens with zero attached hydrogens (tertiary/aromatic N) is 1. The zero-order valence-electron chi connectivity index (χ0n) is 13.9. The van der Waals surface area contributed by atoms with Crippen molar-refractivity contribution in [2.45, 2.75) is 39.2 Å². The van der Waals surface area contributed by atoms with Crippen molar-refractivity contribution in [3.63, 3.8) is 0 Å². The molecule has 0 spiro atoms. The number of hydrogen-bond acceptors (Lipinski definition) is 2. The first-order valence-electron chi connectivity index (χ1n) is 8.35. The molecule has 0 aromatic heterocycles. The van der Waals surface area contributed by atoms with E-state index < -0.39 is 0 Å². The molecule has 0 bridgehead atoms. The summed E-state index contributed by atoms with van der Waals surface area (Å²) in [6.07, 6.45) is 5.03. The van der Waals surface area contributed by atoms with E-state index in [-0.39, 0.29) is 11.8 Å². The van der Waals surface area contributed by atoms with Crippen molar-refractivity contribution < 1.29 is 9.59 Å². The van der Waals surface area contributed by atoms with Crippen LogP contribution in [0.15, 0.2) is 36.9 Å². The summed E-state index contributed by atoms with van der Waals surface area (Å²) < 4.78 is 0. The van der Waals surface area contributed by atoms with Crippen LogP contribution < -0.4 is 5.32 Å². The van der Waals surface area contributed by atoms with Crippen LogP contribution in [0.5, 0.6) is 0 Å². The van der Waals surface area contributed by atoms with Crippen molar-refractivity contribution in [2.24, 2.45) is 5.92 Å². The Kier molecular flexibility index (Phi) is 6.39. The largest absolute Gasteiger partial charge is 0.348 e. The zero-order chi connectivity index (χ0) is 16.7. The molecule has 4 nitrogen and oxygen atoms in total. The van der Waals surface area contributed by atoms with E-state index in [1.54, 1.807) is 0 Å². The summed E-state index contributed by atoms with van der Waals surface area (Å²) in [5.41, 5.74) is 1.97. The van der Waals surface area contributed by atoms with Crippen LogP contribution in [0.25, 0.3) is 0 Å². The van der Waals surface area contributed by atoms with Gasteiger partial charge >= 0.3 is 0 Å². The van der Waals surface area contributed by atoms with Gasteiger partial charge in [-0.15, -0.1) is 0 Å². The lowest BCUT2D eigenvalue weighted by atomic mass is 10.0. The second-order valence-corrected chi connectivity index (χ2v) is 6.28. The molecule has 1 aliphatic heterocycles. The van der Waals surface area contributed by atoms with Gasteiger partial charge in [-0.2, -0.15) is 0 Å². The number of carbonyl (C=O) groups excluding carboxylic acids is 2. The van der Waals surface area contributed by atoms with Crippen LogP contribution in [-0.2, 0) is 22.6 Å². The van der Waals surface area contributed by atoms with Crippen molar-refractivity contribution >= 4 is 11.8 Å². The van der Waals surface area contributed by atoms with Crippen LogP contribution in [0.3, 0.4) is 0 Å². The van der Waals surface area contributed by atoms with Crippen molar-refractivity contribution in [1.82, 2.24) is 10.2 Å². The number of carbonyl (C=O) groups is 2. The van der Waals surface area contributed by atoms with E-state index >= 15 is 0 Å². The van der Waals surface area contributed by atoms with Crippen molar-refractivity contribution in [3.05, 3.63) is 48.0 Å². The van der Waals surface area contributed by atoms with E-state index in [2.05, 4.69) is 18.8 Å². The monoisotopic (exact) mass is 314 g/mol. The fourth-order valence-corrected chi connectivity index (χ4v) is 2.94. The van der Waals surface area contributed by atoms with E-state index in [0.717, 1.165) is 37.1 Å². The molecule has 23 heavy (non-hydrogen) atoms. The number of likely N-dealkylation sites (tertiary alicyclic amines) is 1. The molecule has 124 valence electrons. The van der Waals surface area contributed by atoms with Crippen molar-refractivity contribution in [2.75, 3.05) is 13.1 Å². The molecule has 1 fully saturated rings. The Balaban J connectivity index is 1.99. The third kappa shape index (κ3) is 5.23. The number of benzene rings is 1. The van der Waals surface area contributed by atoms with Crippen LogP contribution in [0.4, 0.5) is 0 Å². The summed E-state index contributed by atoms with van der Waals surface area (Å²) in [6, 6.07) is 7.78. The molecule has 1 saturated heterocycles. The Morgan fingerprint density at radius 2 is 2.00 bits per heavy atom. The second-order valence-electron chi connectivity index (χ2n) is 6.28. The fourth-order valence-electron chi connectivity index (χ4n) is 2.94. The van der Waals surface area contributed by atoms with Crippen LogP contribution in [0.2, 0.25) is 0 Å². The molecule has 1 unspecified atom stereocenters. The minimum atomic E-state index is -0.201. The summed E-state index contributed by atoms with van der Waals surface area (Å²) in [4.78, 5) is 25.9. The number of hydrogen-bond donors (Lipinski definition) is 1. The Bertz CT molecular complexity index is 568. The molecule has 2 amide bonds. The molecule has 4 heteroatoms. The van der Waals surface area contributed by atoms with E-state index in [0.29, 0.717) is 18.9 Å². The Morgan fingerprint density at radius 1 is 1.26 bits per heavy atom. The number of rotatable bonds is 5. The Morgan fingerprint density at radius 3 is 2.74 bits per heavy atom. The third-order valence-electron chi connectivity index (χ3n) is 4.47. The molecule has 1 N–H and O–H groups in total. The van der Waals surface area contributed by atoms with Gasteiger partial charge in [0.2, 0.25) is 11.8 Å². The Labute approximate surface area is 138 Å². The lowest BCUT2D eigenvalue weighted by Crippen LogP contribution is -2.33. The highest BCUT2D eigenvalue weighted by atomic mass is 16.2. The van der Waals surface area contributed by atoms with Crippen LogP contribution in [0, 0.1) is 5.92 Å². The van der Waals surface area contributed by atoms with Gasteiger partial charge in [-0.3, -0.25) is 9.59 Å². The maximum absolute atomic E-state index is 12.6. The smallest absolute Gasteiger partial charge is 0.243 e. The average Bonchev–Trinajstić information content (AvgIpc) is 2.78. The SMILES string of the molecule is C=CC(=O)NCc1ccccc1CC(=O)N1CCCC(C)CC1. The van der Waals surface area contributed by atoms with Gasteiger partial charge in [0.25, 0.3) is 0 Å². The van der Waals surface area contributed by atoms with Crippen LogP contribution in [-0.4, -0.2) is 29.8 Å². The minimum absolute atomic E-state index is 0.182. The predicted octanol–water partition coefficient (Wildman–Crippen LogP) is 2.68. The van der Waals surface area contributed by atoms with Gasteiger partial charge < -0.3 is 10.2 Å². The third-order valence-corrected chi connectivity index (χ3v) is 4.47. The van der Waals surface area contributed by atoms with E-state index in [4.69, 9.17) is 0 Å². The second kappa shape index (κ2) is 8.51. The molecule has 1 heterocycles. The molecule has 2 rings (SSSR count). The first kappa shape index (κ1) is 17.3. The average molecular weight is 314 g/mol. The first-order valence-corrected chi connectivity index (χ1v) is 8.35. The maximum Gasteiger partial charge on any atom is 0.243 e. The summed E-state index contributed by atoms with van der Waals surface area (Å²) in [5.74, 6) is 0.684. The summed E-state index contributed by atoms with van der Waals surface area (Å²) >= 11 is 0. The maximum atomic E-state index is 12.6. The molecular weight excluding hydrogens is 288 g/mol.